The van der Waals surface area contributed by atoms with Crippen molar-refractivity contribution < 1.29 is 14.0 Å². The minimum absolute atomic E-state index is 0. The molecule has 1 aromatic rings. The lowest BCUT2D eigenvalue weighted by Crippen LogP contribution is -2.52. The molecule has 1 aromatic heterocycles. The zero-order valence-corrected chi connectivity index (χ0v) is 16.1. The zero-order valence-electron chi connectivity index (χ0n) is 15.3. The van der Waals surface area contributed by atoms with Gasteiger partial charge in [0.2, 0.25) is 5.91 Å². The highest BCUT2D eigenvalue weighted by molar-refractivity contribution is 5.95. The minimum atomic E-state index is -0.406. The van der Waals surface area contributed by atoms with Gasteiger partial charge in [0, 0.05) is 26.2 Å². The van der Waals surface area contributed by atoms with Gasteiger partial charge in [-0.2, -0.15) is 0 Å². The molecule has 25 heavy (non-hydrogen) atoms. The molecule has 0 bridgehead atoms. The number of likely N-dealkylation sites (tertiary alicyclic amines) is 1. The molecule has 0 radical (unpaired) electrons. The van der Waals surface area contributed by atoms with Crippen LogP contribution in [0.4, 0.5) is 0 Å². The molecule has 0 aliphatic carbocycles. The van der Waals surface area contributed by atoms with Crippen molar-refractivity contribution in [3.63, 3.8) is 0 Å². The molecule has 1 fully saturated rings. The summed E-state index contributed by atoms with van der Waals surface area (Å²) in [5.74, 6) is 0.468. The molecule has 2 N–H and O–H groups in total. The molecule has 1 aliphatic heterocycles. The van der Waals surface area contributed by atoms with Crippen LogP contribution in [0.3, 0.4) is 0 Å². The number of carbonyl (C=O) groups excluding carboxylic acids is 2. The van der Waals surface area contributed by atoms with Crippen molar-refractivity contribution in [1.82, 2.24) is 9.80 Å². The minimum Gasteiger partial charge on any atom is -0.459 e. The van der Waals surface area contributed by atoms with E-state index in [1.807, 2.05) is 0 Å². The summed E-state index contributed by atoms with van der Waals surface area (Å²) in [5.41, 5.74) is 6.07. The van der Waals surface area contributed by atoms with Crippen molar-refractivity contribution in [3.8, 4) is 0 Å². The molecule has 1 saturated heterocycles. The highest BCUT2D eigenvalue weighted by Gasteiger charge is 2.35. The zero-order chi connectivity index (χ0) is 17.7. The number of halogens is 1. The first-order chi connectivity index (χ1) is 11.4. The van der Waals surface area contributed by atoms with Crippen LogP contribution in [0.2, 0.25) is 0 Å². The Bertz CT molecular complexity index is 548. The molecule has 2 rings (SSSR count). The standard InChI is InChI=1S/C18H29N3O3.ClH/c1-13(2)14(19)9-11-20(3)17(22)15-7-4-5-10-21(15)18(23)16-8-6-12-24-16;/h6,8,12-15H,4-5,7,9-11,19H2,1-3H3;1H. The predicted octanol–water partition coefficient (Wildman–Crippen LogP) is 2.53. The topological polar surface area (TPSA) is 79.8 Å². The summed E-state index contributed by atoms with van der Waals surface area (Å²) in [5, 5.41) is 0. The second-order valence-corrected chi connectivity index (χ2v) is 6.94. The Morgan fingerprint density at radius 2 is 2.12 bits per heavy atom. The second-order valence-electron chi connectivity index (χ2n) is 6.94. The molecule has 7 heteroatoms. The second kappa shape index (κ2) is 9.82. The van der Waals surface area contributed by atoms with Crippen LogP contribution in [-0.4, -0.2) is 53.8 Å². The lowest BCUT2D eigenvalue weighted by molar-refractivity contribution is -0.136. The van der Waals surface area contributed by atoms with Gasteiger partial charge in [0.25, 0.3) is 5.91 Å². The van der Waals surface area contributed by atoms with Gasteiger partial charge in [0.1, 0.15) is 6.04 Å². The van der Waals surface area contributed by atoms with Crippen LogP contribution in [0.5, 0.6) is 0 Å². The Labute approximate surface area is 156 Å². The average molecular weight is 372 g/mol. The number of hydrogen-bond acceptors (Lipinski definition) is 4. The van der Waals surface area contributed by atoms with Crippen LogP contribution in [-0.2, 0) is 4.79 Å². The van der Waals surface area contributed by atoms with Gasteiger partial charge < -0.3 is 20.0 Å². The van der Waals surface area contributed by atoms with E-state index in [0.29, 0.717) is 31.2 Å². The van der Waals surface area contributed by atoms with E-state index in [9.17, 15) is 9.59 Å². The molecule has 1 aliphatic rings. The number of nitrogens with two attached hydrogens (primary N) is 1. The van der Waals surface area contributed by atoms with Crippen LogP contribution in [0.1, 0.15) is 50.1 Å². The van der Waals surface area contributed by atoms with E-state index in [0.717, 1.165) is 19.3 Å². The summed E-state index contributed by atoms with van der Waals surface area (Å²) in [6.07, 6.45) is 4.81. The van der Waals surface area contributed by atoms with Crippen LogP contribution in [0, 0.1) is 5.92 Å². The molecule has 0 saturated carbocycles. The van der Waals surface area contributed by atoms with Crippen LogP contribution >= 0.6 is 12.4 Å². The summed E-state index contributed by atoms with van der Waals surface area (Å²) < 4.78 is 5.21. The van der Waals surface area contributed by atoms with Gasteiger partial charge in [0.05, 0.1) is 6.26 Å². The van der Waals surface area contributed by atoms with Crippen molar-refractivity contribution in [3.05, 3.63) is 24.2 Å². The highest BCUT2D eigenvalue weighted by Crippen LogP contribution is 2.21. The Hall–Kier alpha value is -1.53. The van der Waals surface area contributed by atoms with Gasteiger partial charge in [0.15, 0.2) is 5.76 Å². The van der Waals surface area contributed by atoms with E-state index in [1.165, 1.54) is 6.26 Å². The van der Waals surface area contributed by atoms with E-state index < -0.39 is 6.04 Å². The van der Waals surface area contributed by atoms with Crippen molar-refractivity contribution in [2.75, 3.05) is 20.1 Å². The first kappa shape index (κ1) is 21.5. The third kappa shape index (κ3) is 5.47. The van der Waals surface area contributed by atoms with Crippen LogP contribution < -0.4 is 5.73 Å². The quantitative estimate of drug-likeness (QED) is 0.833. The van der Waals surface area contributed by atoms with E-state index in [2.05, 4.69) is 13.8 Å². The molecular formula is C18H30ClN3O3. The predicted molar refractivity (Wildman–Crippen MR) is 99.7 cm³/mol. The molecule has 2 amide bonds. The summed E-state index contributed by atoms with van der Waals surface area (Å²) in [6, 6.07) is 3.00. The number of likely N-dealkylation sites (N-methyl/N-ethyl adjacent to an activating group) is 1. The molecule has 142 valence electrons. The smallest absolute Gasteiger partial charge is 0.290 e. The summed E-state index contributed by atoms with van der Waals surface area (Å²) >= 11 is 0. The summed E-state index contributed by atoms with van der Waals surface area (Å²) in [7, 11) is 1.79. The Balaban J connectivity index is 0.00000312. The highest BCUT2D eigenvalue weighted by atomic mass is 35.5. The number of amides is 2. The molecule has 2 unspecified atom stereocenters. The SMILES string of the molecule is CC(C)C(N)CCN(C)C(=O)C1CCCCN1C(=O)c1ccco1.Cl. The van der Waals surface area contributed by atoms with Gasteiger partial charge >= 0.3 is 0 Å². The molecule has 0 spiro atoms. The normalized spacial score (nSPS) is 18.6. The monoisotopic (exact) mass is 371 g/mol. The molecular weight excluding hydrogens is 342 g/mol. The Morgan fingerprint density at radius 3 is 2.72 bits per heavy atom. The van der Waals surface area contributed by atoms with Crippen LogP contribution in [0.15, 0.2) is 22.8 Å². The lowest BCUT2D eigenvalue weighted by Gasteiger charge is -2.36. The Kier molecular flexibility index (Phi) is 8.45. The van der Waals surface area contributed by atoms with Gasteiger partial charge in [-0.25, -0.2) is 0 Å². The number of furan rings is 1. The van der Waals surface area contributed by atoms with Crippen LogP contribution in [0.25, 0.3) is 0 Å². The first-order valence-electron chi connectivity index (χ1n) is 8.77. The number of nitrogens with zero attached hydrogens (tertiary/aromatic N) is 2. The number of piperidine rings is 1. The lowest BCUT2D eigenvalue weighted by atomic mass is 9.99. The molecule has 6 nitrogen and oxygen atoms in total. The number of hydrogen-bond donors (Lipinski definition) is 1. The van der Waals surface area contributed by atoms with Crippen molar-refractivity contribution >= 4 is 24.2 Å². The fourth-order valence-corrected chi connectivity index (χ4v) is 3.01. The molecule has 0 aromatic carbocycles. The maximum atomic E-state index is 12.8. The first-order valence-corrected chi connectivity index (χ1v) is 8.77. The van der Waals surface area contributed by atoms with Crippen molar-refractivity contribution in [2.45, 2.75) is 51.6 Å². The van der Waals surface area contributed by atoms with E-state index >= 15 is 0 Å². The van der Waals surface area contributed by atoms with Gasteiger partial charge in [-0.1, -0.05) is 13.8 Å². The summed E-state index contributed by atoms with van der Waals surface area (Å²) in [6.45, 7) is 5.36. The molecule has 2 atom stereocenters. The Morgan fingerprint density at radius 1 is 1.40 bits per heavy atom. The van der Waals surface area contributed by atoms with Crippen molar-refractivity contribution in [2.24, 2.45) is 11.7 Å². The summed E-state index contributed by atoms with van der Waals surface area (Å²) in [4.78, 5) is 28.8. The average Bonchev–Trinajstić information content (AvgIpc) is 3.12. The maximum absolute atomic E-state index is 12.8. The fraction of sp³-hybridized carbons (Fsp3) is 0.667. The molecule has 2 heterocycles. The third-order valence-corrected chi connectivity index (χ3v) is 4.81. The van der Waals surface area contributed by atoms with E-state index in [1.54, 1.807) is 29.0 Å². The van der Waals surface area contributed by atoms with Gasteiger partial charge in [-0.3, -0.25) is 9.59 Å². The van der Waals surface area contributed by atoms with Gasteiger partial charge in [-0.15, -0.1) is 12.4 Å². The van der Waals surface area contributed by atoms with Crippen molar-refractivity contribution in [1.29, 1.82) is 0 Å². The fourth-order valence-electron chi connectivity index (χ4n) is 3.01. The van der Waals surface area contributed by atoms with Gasteiger partial charge in [-0.05, 0) is 43.7 Å². The largest absolute Gasteiger partial charge is 0.459 e. The van der Waals surface area contributed by atoms with E-state index in [-0.39, 0.29) is 30.3 Å². The number of carbonyl (C=O) groups is 2. The van der Waals surface area contributed by atoms with E-state index in [4.69, 9.17) is 10.2 Å². The third-order valence-electron chi connectivity index (χ3n) is 4.81. The maximum Gasteiger partial charge on any atom is 0.290 e. The number of rotatable bonds is 6.